The lowest BCUT2D eigenvalue weighted by atomic mass is 9.59. The Morgan fingerprint density at radius 3 is 2.64 bits per heavy atom. The van der Waals surface area contributed by atoms with Crippen LogP contribution in [0.5, 0.6) is 0 Å². The Balaban J connectivity index is 2.49. The molecule has 0 heterocycles. The molecular weight excluding hydrogens is 198 g/mol. The number of rotatable bonds is 4. The zero-order valence-corrected chi connectivity index (χ0v) is 9.52. The second-order valence-corrected chi connectivity index (χ2v) is 5.08. The largest absolute Gasteiger partial charge is 0.296 e. The molecule has 1 fully saturated rings. The standard InChI is InChI=1S/C11H16ClNO/c1-3-4-5-6-10(2)7-11(12,8-13)9(10)14/h3-7H2,1-2H3. The molecule has 0 aromatic carbocycles. The van der Waals surface area contributed by atoms with E-state index in [4.69, 9.17) is 16.9 Å². The summed E-state index contributed by atoms with van der Waals surface area (Å²) in [5.74, 6) is -0.0785. The van der Waals surface area contributed by atoms with Gasteiger partial charge in [-0.3, -0.25) is 4.79 Å². The average Bonchev–Trinajstić information content (AvgIpc) is 2.17. The zero-order valence-electron chi connectivity index (χ0n) is 8.77. The number of hydrogen-bond donors (Lipinski definition) is 0. The van der Waals surface area contributed by atoms with Gasteiger partial charge in [0.05, 0.1) is 6.07 Å². The summed E-state index contributed by atoms with van der Waals surface area (Å²) < 4.78 is 0. The number of hydrogen-bond acceptors (Lipinski definition) is 2. The lowest BCUT2D eigenvalue weighted by Gasteiger charge is -2.45. The highest BCUT2D eigenvalue weighted by Gasteiger charge is 2.60. The van der Waals surface area contributed by atoms with Crippen molar-refractivity contribution in [1.29, 1.82) is 5.26 Å². The number of halogens is 1. The number of nitrogens with zero attached hydrogens (tertiary/aromatic N) is 1. The van der Waals surface area contributed by atoms with Crippen LogP contribution in [0, 0.1) is 16.7 Å². The van der Waals surface area contributed by atoms with Gasteiger partial charge < -0.3 is 0 Å². The molecule has 2 unspecified atom stereocenters. The number of carbonyl (C=O) groups excluding carboxylic acids is 1. The van der Waals surface area contributed by atoms with Crippen LogP contribution in [-0.2, 0) is 4.79 Å². The molecule has 2 atom stereocenters. The van der Waals surface area contributed by atoms with Crippen molar-refractivity contribution >= 4 is 17.4 Å². The topological polar surface area (TPSA) is 40.9 Å². The normalized spacial score (nSPS) is 36.3. The van der Waals surface area contributed by atoms with Crippen LogP contribution in [0.15, 0.2) is 0 Å². The Morgan fingerprint density at radius 2 is 2.21 bits per heavy atom. The SMILES string of the molecule is CCCCCC1(C)CC(Cl)(C#N)C1=O. The minimum Gasteiger partial charge on any atom is -0.296 e. The second-order valence-electron chi connectivity index (χ2n) is 4.44. The first kappa shape index (κ1) is 11.5. The monoisotopic (exact) mass is 213 g/mol. The summed E-state index contributed by atoms with van der Waals surface area (Å²) in [6.45, 7) is 4.05. The minimum atomic E-state index is -1.21. The Hall–Kier alpha value is -0.550. The van der Waals surface area contributed by atoms with Gasteiger partial charge in [-0.15, -0.1) is 0 Å². The van der Waals surface area contributed by atoms with Crippen LogP contribution in [0.1, 0.15) is 46.0 Å². The van der Waals surface area contributed by atoms with Crippen molar-refractivity contribution in [3.05, 3.63) is 0 Å². The van der Waals surface area contributed by atoms with Gasteiger partial charge >= 0.3 is 0 Å². The number of alkyl halides is 1. The van der Waals surface area contributed by atoms with Crippen molar-refractivity contribution < 1.29 is 4.79 Å². The predicted octanol–water partition coefficient (Wildman–Crippen LogP) is 3.05. The molecule has 0 radical (unpaired) electrons. The number of unbranched alkanes of at least 4 members (excludes halogenated alkanes) is 2. The molecule has 78 valence electrons. The van der Waals surface area contributed by atoms with E-state index >= 15 is 0 Å². The number of ketones is 1. The molecule has 0 aliphatic heterocycles. The third kappa shape index (κ3) is 1.79. The molecule has 1 aliphatic rings. The van der Waals surface area contributed by atoms with Gasteiger partial charge in [-0.05, 0) is 12.8 Å². The maximum Gasteiger partial charge on any atom is 0.190 e. The molecule has 0 aromatic heterocycles. The molecule has 0 spiro atoms. The van der Waals surface area contributed by atoms with Crippen LogP contribution in [0.2, 0.25) is 0 Å². The summed E-state index contributed by atoms with van der Waals surface area (Å²) in [5.41, 5.74) is -0.327. The highest BCUT2D eigenvalue weighted by atomic mass is 35.5. The van der Waals surface area contributed by atoms with E-state index in [1.54, 1.807) is 0 Å². The van der Waals surface area contributed by atoms with Crippen molar-refractivity contribution in [2.24, 2.45) is 5.41 Å². The van der Waals surface area contributed by atoms with Crippen molar-refractivity contribution in [3.8, 4) is 6.07 Å². The van der Waals surface area contributed by atoms with Gasteiger partial charge in [-0.1, -0.05) is 44.7 Å². The summed E-state index contributed by atoms with van der Waals surface area (Å²) in [4.78, 5) is 10.5. The third-order valence-corrected chi connectivity index (χ3v) is 3.44. The molecule has 0 N–H and O–H groups in total. The first-order valence-corrected chi connectivity index (χ1v) is 5.51. The Kier molecular flexibility index (Phi) is 3.21. The van der Waals surface area contributed by atoms with Crippen LogP contribution in [0.4, 0.5) is 0 Å². The van der Waals surface area contributed by atoms with Crippen molar-refractivity contribution in [3.63, 3.8) is 0 Å². The lowest BCUT2D eigenvalue weighted by Crippen LogP contribution is -2.56. The first-order valence-electron chi connectivity index (χ1n) is 5.13. The van der Waals surface area contributed by atoms with Crippen LogP contribution >= 0.6 is 11.6 Å². The molecule has 1 aliphatic carbocycles. The quantitative estimate of drug-likeness (QED) is 0.532. The number of Topliss-reactive ketones (excluding diaryl/α,β-unsaturated/α-hetero) is 1. The fourth-order valence-electron chi connectivity index (χ4n) is 2.13. The molecule has 1 rings (SSSR count). The molecule has 1 saturated carbocycles. The fourth-order valence-corrected chi connectivity index (χ4v) is 2.65. The van der Waals surface area contributed by atoms with Crippen molar-refractivity contribution in [2.75, 3.05) is 0 Å². The van der Waals surface area contributed by atoms with E-state index < -0.39 is 4.87 Å². The summed E-state index contributed by atoms with van der Waals surface area (Å²) in [5, 5.41) is 8.72. The molecular formula is C11H16ClNO. The Bertz CT molecular complexity index is 284. The van der Waals surface area contributed by atoms with Crippen LogP contribution in [0.3, 0.4) is 0 Å². The molecule has 14 heavy (non-hydrogen) atoms. The second kappa shape index (κ2) is 3.90. The number of nitriles is 1. The zero-order chi connectivity index (χ0) is 10.8. The van der Waals surface area contributed by atoms with Gasteiger partial charge in [0.1, 0.15) is 0 Å². The number of carbonyl (C=O) groups is 1. The summed E-state index contributed by atoms with van der Waals surface area (Å²) in [6.07, 6.45) is 4.73. The Labute approximate surface area is 90.2 Å². The van der Waals surface area contributed by atoms with E-state index in [9.17, 15) is 4.79 Å². The van der Waals surface area contributed by atoms with E-state index in [0.29, 0.717) is 6.42 Å². The van der Waals surface area contributed by atoms with Gasteiger partial charge in [0.15, 0.2) is 10.7 Å². The third-order valence-electron chi connectivity index (χ3n) is 3.05. The van der Waals surface area contributed by atoms with Crippen molar-refractivity contribution in [1.82, 2.24) is 0 Å². The van der Waals surface area contributed by atoms with E-state index in [-0.39, 0.29) is 11.2 Å². The molecule has 0 aromatic rings. The van der Waals surface area contributed by atoms with Crippen molar-refractivity contribution in [2.45, 2.75) is 50.8 Å². The molecule has 0 saturated heterocycles. The Morgan fingerprint density at radius 1 is 1.57 bits per heavy atom. The van der Waals surface area contributed by atoms with E-state index in [2.05, 4.69) is 6.92 Å². The smallest absolute Gasteiger partial charge is 0.190 e. The molecule has 0 bridgehead atoms. The lowest BCUT2D eigenvalue weighted by molar-refractivity contribution is -0.140. The highest BCUT2D eigenvalue weighted by molar-refractivity contribution is 6.40. The predicted molar refractivity (Wildman–Crippen MR) is 56.1 cm³/mol. The summed E-state index contributed by atoms with van der Waals surface area (Å²) >= 11 is 5.83. The summed E-state index contributed by atoms with van der Waals surface area (Å²) in [7, 11) is 0. The fraction of sp³-hybridized carbons (Fsp3) is 0.818. The van der Waals surface area contributed by atoms with Gasteiger partial charge in [0.2, 0.25) is 0 Å². The maximum absolute atomic E-state index is 11.7. The van der Waals surface area contributed by atoms with Gasteiger partial charge in [-0.2, -0.15) is 5.26 Å². The molecule has 0 amide bonds. The maximum atomic E-state index is 11.7. The van der Waals surface area contributed by atoms with E-state index in [0.717, 1.165) is 25.7 Å². The minimum absolute atomic E-state index is 0.0785. The summed E-state index contributed by atoms with van der Waals surface area (Å²) in [6, 6.07) is 1.89. The van der Waals surface area contributed by atoms with Gasteiger partial charge in [-0.25, -0.2) is 0 Å². The van der Waals surface area contributed by atoms with Crippen LogP contribution in [0.25, 0.3) is 0 Å². The van der Waals surface area contributed by atoms with Crippen LogP contribution in [-0.4, -0.2) is 10.7 Å². The molecule has 3 heteroatoms. The molecule has 2 nitrogen and oxygen atoms in total. The highest BCUT2D eigenvalue weighted by Crippen LogP contribution is 2.51. The van der Waals surface area contributed by atoms with Gasteiger partial charge in [0.25, 0.3) is 0 Å². The van der Waals surface area contributed by atoms with E-state index in [1.165, 1.54) is 0 Å². The first-order chi connectivity index (χ1) is 6.48. The van der Waals surface area contributed by atoms with E-state index in [1.807, 2.05) is 13.0 Å². The average molecular weight is 214 g/mol. The van der Waals surface area contributed by atoms with Gasteiger partial charge in [0, 0.05) is 5.41 Å². The van der Waals surface area contributed by atoms with Crippen LogP contribution < -0.4 is 0 Å².